The predicted molar refractivity (Wildman–Crippen MR) is 65.0 cm³/mol. The lowest BCUT2D eigenvalue weighted by atomic mass is 10.2. The van der Waals surface area contributed by atoms with E-state index in [2.05, 4.69) is 10.3 Å². The zero-order valence-electron chi connectivity index (χ0n) is 9.83. The summed E-state index contributed by atoms with van der Waals surface area (Å²) in [5.74, 6) is 0.816. The van der Waals surface area contributed by atoms with E-state index in [-0.39, 0.29) is 16.9 Å². The summed E-state index contributed by atoms with van der Waals surface area (Å²) in [6, 6.07) is 4.05. The maximum Gasteiger partial charge on any atom is 0.417 e. The summed E-state index contributed by atoms with van der Waals surface area (Å²) in [7, 11) is 0. The predicted octanol–water partition coefficient (Wildman–Crippen LogP) is 4.52. The van der Waals surface area contributed by atoms with Gasteiger partial charge in [-0.2, -0.15) is 13.2 Å². The van der Waals surface area contributed by atoms with Crippen molar-refractivity contribution in [3.63, 3.8) is 0 Å². The number of anilines is 1. The average molecular weight is 291 g/mol. The van der Waals surface area contributed by atoms with Crippen molar-refractivity contribution in [1.29, 1.82) is 0 Å². The summed E-state index contributed by atoms with van der Waals surface area (Å²) in [4.78, 5) is 3.69. The van der Waals surface area contributed by atoms with E-state index >= 15 is 0 Å². The molecule has 0 aliphatic rings. The first kappa shape index (κ1) is 13.7. The standard InChI is InChI=1S/C12H10ClF3N2O/c1-7(10-3-2-4-19-10)18-11-9(13)5-8(6-17-11)12(14,15)16/h2-7H,1H3,(H,17,18). The van der Waals surface area contributed by atoms with Gasteiger partial charge < -0.3 is 9.73 Å². The maximum atomic E-state index is 12.5. The Morgan fingerprint density at radius 3 is 2.68 bits per heavy atom. The first-order valence-electron chi connectivity index (χ1n) is 5.40. The van der Waals surface area contributed by atoms with Crippen LogP contribution in [-0.4, -0.2) is 4.98 Å². The second kappa shape index (κ2) is 5.13. The number of alkyl halides is 3. The van der Waals surface area contributed by atoms with Gasteiger partial charge in [0.15, 0.2) is 0 Å². The molecule has 0 spiro atoms. The monoisotopic (exact) mass is 290 g/mol. The molecule has 7 heteroatoms. The molecule has 2 rings (SSSR count). The van der Waals surface area contributed by atoms with Gasteiger partial charge in [-0.1, -0.05) is 11.6 Å². The molecule has 0 bridgehead atoms. The third kappa shape index (κ3) is 3.20. The van der Waals surface area contributed by atoms with Gasteiger partial charge in [0.05, 0.1) is 22.9 Å². The smallest absolute Gasteiger partial charge is 0.417 e. The summed E-state index contributed by atoms with van der Waals surface area (Å²) in [6.07, 6.45) is -2.21. The molecule has 19 heavy (non-hydrogen) atoms. The number of nitrogens with one attached hydrogen (secondary N) is 1. The van der Waals surface area contributed by atoms with Crippen LogP contribution in [0.15, 0.2) is 35.1 Å². The minimum absolute atomic E-state index is 0.0896. The number of hydrogen-bond donors (Lipinski definition) is 1. The van der Waals surface area contributed by atoms with Gasteiger partial charge in [0, 0.05) is 6.20 Å². The topological polar surface area (TPSA) is 38.1 Å². The minimum Gasteiger partial charge on any atom is -0.467 e. The SMILES string of the molecule is CC(Nc1ncc(C(F)(F)F)cc1Cl)c1ccco1. The van der Waals surface area contributed by atoms with Crippen molar-refractivity contribution in [2.45, 2.75) is 19.1 Å². The molecule has 2 aromatic heterocycles. The lowest BCUT2D eigenvalue weighted by molar-refractivity contribution is -0.137. The summed E-state index contributed by atoms with van der Waals surface area (Å²) in [5.41, 5.74) is -0.881. The van der Waals surface area contributed by atoms with Gasteiger partial charge in [-0.05, 0) is 25.1 Å². The van der Waals surface area contributed by atoms with Crippen LogP contribution in [0.5, 0.6) is 0 Å². The van der Waals surface area contributed by atoms with Gasteiger partial charge in [0.2, 0.25) is 0 Å². The molecule has 0 aliphatic heterocycles. The highest BCUT2D eigenvalue weighted by Crippen LogP contribution is 2.33. The van der Waals surface area contributed by atoms with Crippen LogP contribution < -0.4 is 5.32 Å². The highest BCUT2D eigenvalue weighted by atomic mass is 35.5. The first-order valence-corrected chi connectivity index (χ1v) is 5.78. The number of halogens is 4. The number of rotatable bonds is 3. The third-order valence-electron chi connectivity index (χ3n) is 2.49. The molecule has 3 nitrogen and oxygen atoms in total. The van der Waals surface area contributed by atoms with E-state index < -0.39 is 11.7 Å². The van der Waals surface area contributed by atoms with Crippen molar-refractivity contribution in [2.75, 3.05) is 5.32 Å². The summed E-state index contributed by atoms with van der Waals surface area (Å²) in [5, 5.41) is 2.80. The molecular weight excluding hydrogens is 281 g/mol. The molecule has 0 saturated carbocycles. The van der Waals surface area contributed by atoms with Gasteiger partial charge in [-0.3, -0.25) is 0 Å². The molecule has 2 heterocycles. The van der Waals surface area contributed by atoms with Gasteiger partial charge in [0.1, 0.15) is 11.6 Å². The second-order valence-corrected chi connectivity index (χ2v) is 4.34. The number of furan rings is 1. The van der Waals surface area contributed by atoms with Crippen LogP contribution in [-0.2, 0) is 6.18 Å². The number of pyridine rings is 1. The van der Waals surface area contributed by atoms with E-state index in [1.807, 2.05) is 0 Å². The van der Waals surface area contributed by atoms with E-state index in [1.165, 1.54) is 6.26 Å². The van der Waals surface area contributed by atoms with Crippen LogP contribution in [0, 0.1) is 0 Å². The van der Waals surface area contributed by atoms with E-state index in [4.69, 9.17) is 16.0 Å². The van der Waals surface area contributed by atoms with Crippen LogP contribution in [0.3, 0.4) is 0 Å². The number of hydrogen-bond acceptors (Lipinski definition) is 3. The Balaban J connectivity index is 2.18. The van der Waals surface area contributed by atoms with Crippen LogP contribution >= 0.6 is 11.6 Å². The zero-order valence-corrected chi connectivity index (χ0v) is 10.6. The molecule has 0 aromatic carbocycles. The molecule has 2 aromatic rings. The highest BCUT2D eigenvalue weighted by Gasteiger charge is 2.31. The Hall–Kier alpha value is -1.69. The second-order valence-electron chi connectivity index (χ2n) is 3.93. The first-order chi connectivity index (χ1) is 8.88. The molecular formula is C12H10ClF3N2O. The Bertz CT molecular complexity index is 555. The fraction of sp³-hybridized carbons (Fsp3) is 0.250. The van der Waals surface area contributed by atoms with Gasteiger partial charge >= 0.3 is 6.18 Å². The zero-order chi connectivity index (χ0) is 14.0. The van der Waals surface area contributed by atoms with Crippen molar-refractivity contribution in [1.82, 2.24) is 4.98 Å². The van der Waals surface area contributed by atoms with E-state index in [1.54, 1.807) is 19.1 Å². The van der Waals surface area contributed by atoms with Crippen molar-refractivity contribution in [3.8, 4) is 0 Å². The molecule has 0 fully saturated rings. The van der Waals surface area contributed by atoms with Crippen molar-refractivity contribution in [3.05, 3.63) is 47.0 Å². The van der Waals surface area contributed by atoms with Gasteiger partial charge in [-0.25, -0.2) is 4.98 Å². The largest absolute Gasteiger partial charge is 0.467 e. The fourth-order valence-corrected chi connectivity index (χ4v) is 1.73. The van der Waals surface area contributed by atoms with Gasteiger partial charge in [-0.15, -0.1) is 0 Å². The minimum atomic E-state index is -4.46. The molecule has 0 radical (unpaired) electrons. The molecule has 0 saturated heterocycles. The van der Waals surface area contributed by atoms with E-state index in [9.17, 15) is 13.2 Å². The average Bonchev–Trinajstić information content (AvgIpc) is 2.84. The summed E-state index contributed by atoms with van der Waals surface area (Å²) in [6.45, 7) is 1.79. The molecule has 0 aliphatic carbocycles. The van der Waals surface area contributed by atoms with Gasteiger partial charge in [0.25, 0.3) is 0 Å². The van der Waals surface area contributed by atoms with Crippen LogP contribution in [0.1, 0.15) is 24.3 Å². The molecule has 0 amide bonds. The summed E-state index contributed by atoms with van der Waals surface area (Å²) >= 11 is 5.79. The fourth-order valence-electron chi connectivity index (χ4n) is 1.51. The molecule has 1 unspecified atom stereocenters. The normalized spacial score (nSPS) is 13.3. The number of aromatic nitrogens is 1. The number of nitrogens with zero attached hydrogens (tertiary/aromatic N) is 1. The van der Waals surface area contributed by atoms with E-state index in [0.29, 0.717) is 5.76 Å². The van der Waals surface area contributed by atoms with Crippen molar-refractivity contribution >= 4 is 17.4 Å². The van der Waals surface area contributed by atoms with Crippen LogP contribution in [0.2, 0.25) is 5.02 Å². The molecule has 1 N–H and O–H groups in total. The van der Waals surface area contributed by atoms with Crippen LogP contribution in [0.4, 0.5) is 19.0 Å². The Kier molecular flexibility index (Phi) is 3.71. The molecule has 102 valence electrons. The molecule has 1 atom stereocenters. The maximum absolute atomic E-state index is 12.5. The Labute approximate surface area is 112 Å². The lowest BCUT2D eigenvalue weighted by Crippen LogP contribution is -2.10. The van der Waals surface area contributed by atoms with Crippen LogP contribution in [0.25, 0.3) is 0 Å². The van der Waals surface area contributed by atoms with Crippen molar-refractivity contribution < 1.29 is 17.6 Å². The van der Waals surface area contributed by atoms with Crippen molar-refractivity contribution in [2.24, 2.45) is 0 Å². The third-order valence-corrected chi connectivity index (χ3v) is 2.78. The Morgan fingerprint density at radius 1 is 1.42 bits per heavy atom. The quantitative estimate of drug-likeness (QED) is 0.903. The Morgan fingerprint density at radius 2 is 2.16 bits per heavy atom. The van der Waals surface area contributed by atoms with E-state index in [0.717, 1.165) is 12.3 Å². The summed E-state index contributed by atoms with van der Waals surface area (Å²) < 4.78 is 42.5. The lowest BCUT2D eigenvalue weighted by Gasteiger charge is -2.14. The highest BCUT2D eigenvalue weighted by molar-refractivity contribution is 6.32.